The first-order valence-corrected chi connectivity index (χ1v) is 6.29. The van der Waals surface area contributed by atoms with Gasteiger partial charge in [0.2, 0.25) is 17.7 Å². The Morgan fingerprint density at radius 3 is 2.50 bits per heavy atom. The van der Waals surface area contributed by atoms with Crippen LogP contribution in [-0.4, -0.2) is 59.2 Å². The maximum absolute atomic E-state index is 12.1. The molecule has 100 valence electrons. The third-order valence-electron chi connectivity index (χ3n) is 3.51. The minimum Gasteiger partial charge on any atom is -0.341 e. The molecule has 2 aliphatic heterocycles. The normalized spacial score (nSPS) is 23.7. The van der Waals surface area contributed by atoms with Crippen LogP contribution in [0.2, 0.25) is 0 Å². The zero-order valence-electron chi connectivity index (χ0n) is 10.9. The second-order valence-corrected chi connectivity index (χ2v) is 5.35. The van der Waals surface area contributed by atoms with E-state index in [9.17, 15) is 14.4 Å². The van der Waals surface area contributed by atoms with E-state index >= 15 is 0 Å². The molecule has 2 saturated heterocycles. The largest absolute Gasteiger partial charge is 0.341 e. The van der Waals surface area contributed by atoms with E-state index in [1.807, 2.05) is 0 Å². The Kier molecular flexibility index (Phi) is 3.38. The Bertz CT molecular complexity index is 386. The van der Waals surface area contributed by atoms with Crippen molar-refractivity contribution in [3.8, 4) is 0 Å². The van der Waals surface area contributed by atoms with E-state index in [0.717, 1.165) is 30.8 Å². The van der Waals surface area contributed by atoms with Gasteiger partial charge in [0.15, 0.2) is 0 Å². The molecule has 0 radical (unpaired) electrons. The molecule has 6 nitrogen and oxygen atoms in total. The zero-order valence-corrected chi connectivity index (χ0v) is 10.9. The molecule has 0 aromatic rings. The summed E-state index contributed by atoms with van der Waals surface area (Å²) in [6.07, 6.45) is 2.00. The lowest BCUT2D eigenvalue weighted by atomic mass is 10.0. The van der Waals surface area contributed by atoms with Gasteiger partial charge in [-0.3, -0.25) is 24.6 Å². The third kappa shape index (κ3) is 2.38. The molecule has 0 unspecified atom stereocenters. The van der Waals surface area contributed by atoms with Crippen LogP contribution >= 0.6 is 0 Å². The molecule has 2 rings (SSSR count). The number of carbonyl (C=O) groups is 3. The molecule has 0 aliphatic carbocycles. The summed E-state index contributed by atoms with van der Waals surface area (Å²) in [7, 11) is 0. The number of nitrogens with zero attached hydrogens (tertiary/aromatic N) is 2. The van der Waals surface area contributed by atoms with Crippen LogP contribution in [0.15, 0.2) is 0 Å². The van der Waals surface area contributed by atoms with Gasteiger partial charge in [-0.15, -0.1) is 0 Å². The molecule has 0 saturated carbocycles. The summed E-state index contributed by atoms with van der Waals surface area (Å²) >= 11 is 0. The number of likely N-dealkylation sites (tertiary alicyclic amines) is 1. The van der Waals surface area contributed by atoms with Crippen LogP contribution in [0.5, 0.6) is 0 Å². The monoisotopic (exact) mass is 253 g/mol. The van der Waals surface area contributed by atoms with Gasteiger partial charge in [-0.2, -0.15) is 0 Å². The second-order valence-electron chi connectivity index (χ2n) is 5.35. The van der Waals surface area contributed by atoms with E-state index in [1.54, 1.807) is 18.7 Å². The average molecular weight is 253 g/mol. The van der Waals surface area contributed by atoms with Crippen molar-refractivity contribution in [3.05, 3.63) is 0 Å². The fourth-order valence-corrected chi connectivity index (χ4v) is 2.28. The summed E-state index contributed by atoms with van der Waals surface area (Å²) in [4.78, 5) is 38.6. The first-order valence-electron chi connectivity index (χ1n) is 6.29. The first-order chi connectivity index (χ1) is 8.42. The summed E-state index contributed by atoms with van der Waals surface area (Å²) < 4.78 is 0. The van der Waals surface area contributed by atoms with E-state index in [1.165, 1.54) is 0 Å². The quantitative estimate of drug-likeness (QED) is 0.664. The molecule has 6 heteroatoms. The molecule has 0 aromatic carbocycles. The van der Waals surface area contributed by atoms with Crippen molar-refractivity contribution in [2.24, 2.45) is 0 Å². The van der Waals surface area contributed by atoms with E-state index in [2.05, 4.69) is 5.32 Å². The molecule has 3 amide bonds. The maximum Gasteiger partial charge on any atom is 0.249 e. The number of piperazine rings is 1. The molecule has 18 heavy (non-hydrogen) atoms. The Balaban J connectivity index is 2.04. The lowest BCUT2D eigenvalue weighted by Gasteiger charge is -2.36. The molecule has 2 aliphatic rings. The van der Waals surface area contributed by atoms with Crippen molar-refractivity contribution in [1.82, 2.24) is 15.1 Å². The standard InChI is InChI=1S/C12H19N3O3/c1-12(2)11(18)15(9(16)7-13-12)8-10(17)14-5-3-4-6-14/h13H,3-8H2,1-2H3. The Morgan fingerprint density at radius 2 is 1.89 bits per heavy atom. The van der Waals surface area contributed by atoms with Gasteiger partial charge in [-0.05, 0) is 26.7 Å². The number of amides is 3. The van der Waals surface area contributed by atoms with Crippen molar-refractivity contribution in [2.45, 2.75) is 32.2 Å². The van der Waals surface area contributed by atoms with Crippen molar-refractivity contribution >= 4 is 17.7 Å². The minimum absolute atomic E-state index is 0.103. The number of nitrogens with one attached hydrogen (secondary N) is 1. The highest BCUT2D eigenvalue weighted by molar-refractivity contribution is 6.05. The molecule has 2 heterocycles. The second kappa shape index (κ2) is 4.68. The lowest BCUT2D eigenvalue weighted by Crippen LogP contribution is -2.64. The van der Waals surface area contributed by atoms with Crippen LogP contribution in [0.4, 0.5) is 0 Å². The van der Waals surface area contributed by atoms with Crippen LogP contribution in [0, 0.1) is 0 Å². The highest BCUT2D eigenvalue weighted by Crippen LogP contribution is 2.14. The Morgan fingerprint density at radius 1 is 1.28 bits per heavy atom. The fourth-order valence-electron chi connectivity index (χ4n) is 2.28. The van der Waals surface area contributed by atoms with Crippen molar-refractivity contribution in [3.63, 3.8) is 0 Å². The third-order valence-corrected chi connectivity index (χ3v) is 3.51. The number of carbonyl (C=O) groups excluding carboxylic acids is 3. The number of hydrogen-bond donors (Lipinski definition) is 1. The van der Waals surface area contributed by atoms with Gasteiger partial charge in [0.05, 0.1) is 12.1 Å². The summed E-state index contributed by atoms with van der Waals surface area (Å²) in [6, 6.07) is 0. The predicted octanol–water partition coefficient (Wildman–Crippen LogP) is -0.654. The van der Waals surface area contributed by atoms with E-state index in [-0.39, 0.29) is 30.8 Å². The van der Waals surface area contributed by atoms with Crippen molar-refractivity contribution < 1.29 is 14.4 Å². The summed E-state index contributed by atoms with van der Waals surface area (Å²) in [5.41, 5.74) is -0.779. The number of imide groups is 1. The fraction of sp³-hybridized carbons (Fsp3) is 0.750. The first kappa shape index (κ1) is 13.0. The molecule has 0 atom stereocenters. The average Bonchev–Trinajstić information content (AvgIpc) is 2.84. The Hall–Kier alpha value is -1.43. The molecule has 1 N–H and O–H groups in total. The maximum atomic E-state index is 12.1. The highest BCUT2D eigenvalue weighted by Gasteiger charge is 2.41. The molecular formula is C12H19N3O3. The van der Waals surface area contributed by atoms with Crippen LogP contribution in [0.1, 0.15) is 26.7 Å². The summed E-state index contributed by atoms with van der Waals surface area (Å²) in [5.74, 6) is -0.787. The SMILES string of the molecule is CC1(C)NCC(=O)N(CC(=O)N2CCCC2)C1=O. The van der Waals surface area contributed by atoms with Gasteiger partial charge in [0.1, 0.15) is 6.54 Å². The van der Waals surface area contributed by atoms with E-state index in [4.69, 9.17) is 0 Å². The smallest absolute Gasteiger partial charge is 0.249 e. The number of hydrogen-bond acceptors (Lipinski definition) is 4. The van der Waals surface area contributed by atoms with Crippen molar-refractivity contribution in [1.29, 1.82) is 0 Å². The molecule has 2 fully saturated rings. The van der Waals surface area contributed by atoms with Gasteiger partial charge in [-0.25, -0.2) is 0 Å². The summed E-state index contributed by atoms with van der Waals surface area (Å²) in [5, 5.41) is 2.87. The van der Waals surface area contributed by atoms with E-state index in [0.29, 0.717) is 0 Å². The molecule has 0 bridgehead atoms. The van der Waals surface area contributed by atoms with E-state index < -0.39 is 5.54 Å². The van der Waals surface area contributed by atoms with Crippen LogP contribution in [0.3, 0.4) is 0 Å². The topological polar surface area (TPSA) is 69.7 Å². The zero-order chi connectivity index (χ0) is 13.3. The number of rotatable bonds is 2. The lowest BCUT2D eigenvalue weighted by molar-refractivity contribution is -0.156. The van der Waals surface area contributed by atoms with Gasteiger partial charge < -0.3 is 4.90 Å². The highest BCUT2D eigenvalue weighted by atomic mass is 16.2. The van der Waals surface area contributed by atoms with Gasteiger partial charge in [-0.1, -0.05) is 0 Å². The molecule has 0 aromatic heterocycles. The van der Waals surface area contributed by atoms with Crippen LogP contribution in [0.25, 0.3) is 0 Å². The van der Waals surface area contributed by atoms with Gasteiger partial charge >= 0.3 is 0 Å². The van der Waals surface area contributed by atoms with Crippen molar-refractivity contribution in [2.75, 3.05) is 26.2 Å². The van der Waals surface area contributed by atoms with Gasteiger partial charge in [0, 0.05) is 13.1 Å². The molecular weight excluding hydrogens is 234 g/mol. The Labute approximate surface area is 106 Å². The van der Waals surface area contributed by atoms with Crippen LogP contribution in [-0.2, 0) is 14.4 Å². The van der Waals surface area contributed by atoms with Crippen LogP contribution < -0.4 is 5.32 Å². The minimum atomic E-state index is -0.779. The summed E-state index contributed by atoms with van der Waals surface area (Å²) in [6.45, 7) is 4.88. The van der Waals surface area contributed by atoms with Gasteiger partial charge in [0.25, 0.3) is 0 Å². The molecule has 0 spiro atoms. The predicted molar refractivity (Wildman–Crippen MR) is 64.6 cm³/mol.